The maximum absolute atomic E-state index is 12.5. The van der Waals surface area contributed by atoms with E-state index in [1.165, 1.54) is 0 Å². The minimum atomic E-state index is -0.185. The summed E-state index contributed by atoms with van der Waals surface area (Å²) in [7, 11) is 0. The summed E-state index contributed by atoms with van der Waals surface area (Å²) in [5.41, 5.74) is 1.27. The molecule has 0 aromatic heterocycles. The minimum absolute atomic E-state index is 0.185. The first-order valence-corrected chi connectivity index (χ1v) is 9.85. The molecule has 0 bridgehead atoms. The largest absolute Gasteiger partial charge is 0.432 e. The van der Waals surface area contributed by atoms with Gasteiger partial charge >= 0.3 is 0 Å². The highest BCUT2D eigenvalue weighted by atomic mass is 79.9. The van der Waals surface area contributed by atoms with E-state index >= 15 is 0 Å². The molecular formula is C20H21BrN2O2S. The summed E-state index contributed by atoms with van der Waals surface area (Å²) in [5, 5.41) is 3.35. The third kappa shape index (κ3) is 5.05. The van der Waals surface area contributed by atoms with E-state index in [1.807, 2.05) is 30.3 Å². The SMILES string of the molecule is CC1CCN(C(=S)Oc2cccc(C(=O)Nc3ccc(Br)cc3)c2)CC1. The molecule has 0 aliphatic carbocycles. The van der Waals surface area contributed by atoms with Gasteiger partial charge in [0.1, 0.15) is 5.75 Å². The van der Waals surface area contributed by atoms with E-state index in [-0.39, 0.29) is 5.91 Å². The van der Waals surface area contributed by atoms with Gasteiger partial charge in [0.05, 0.1) is 0 Å². The summed E-state index contributed by atoms with van der Waals surface area (Å²) in [6.07, 6.45) is 2.25. The summed E-state index contributed by atoms with van der Waals surface area (Å²) in [6, 6.07) is 14.5. The Balaban J connectivity index is 1.63. The van der Waals surface area contributed by atoms with Crippen molar-refractivity contribution in [2.45, 2.75) is 19.8 Å². The molecule has 1 N–H and O–H groups in total. The Bertz CT molecular complexity index is 787. The molecule has 0 radical (unpaired) electrons. The normalized spacial score (nSPS) is 14.8. The van der Waals surface area contributed by atoms with E-state index < -0.39 is 0 Å². The molecule has 0 spiro atoms. The van der Waals surface area contributed by atoms with Crippen LogP contribution in [0.1, 0.15) is 30.1 Å². The van der Waals surface area contributed by atoms with Gasteiger partial charge in [0, 0.05) is 28.8 Å². The van der Waals surface area contributed by atoms with Crippen molar-refractivity contribution >= 4 is 44.9 Å². The van der Waals surface area contributed by atoms with E-state index in [4.69, 9.17) is 17.0 Å². The first kappa shape index (κ1) is 18.9. The summed E-state index contributed by atoms with van der Waals surface area (Å²) >= 11 is 8.80. The van der Waals surface area contributed by atoms with Gasteiger partial charge < -0.3 is 15.0 Å². The van der Waals surface area contributed by atoms with Crippen LogP contribution in [0.3, 0.4) is 0 Å². The maximum Gasteiger partial charge on any atom is 0.264 e. The molecule has 2 aromatic carbocycles. The average molecular weight is 433 g/mol. The molecular weight excluding hydrogens is 412 g/mol. The van der Waals surface area contributed by atoms with E-state index in [2.05, 4.69) is 33.1 Å². The number of benzene rings is 2. The highest BCUT2D eigenvalue weighted by molar-refractivity contribution is 9.10. The fourth-order valence-electron chi connectivity index (χ4n) is 2.79. The lowest BCUT2D eigenvalue weighted by molar-refractivity contribution is 0.102. The Morgan fingerprint density at radius 2 is 1.88 bits per heavy atom. The highest BCUT2D eigenvalue weighted by Gasteiger charge is 2.19. The van der Waals surface area contributed by atoms with Gasteiger partial charge in [0.15, 0.2) is 0 Å². The summed E-state index contributed by atoms with van der Waals surface area (Å²) < 4.78 is 6.78. The maximum atomic E-state index is 12.5. The third-order valence-electron chi connectivity index (χ3n) is 4.45. The highest BCUT2D eigenvalue weighted by Crippen LogP contribution is 2.20. The fourth-order valence-corrected chi connectivity index (χ4v) is 3.34. The number of carbonyl (C=O) groups is 1. The summed E-state index contributed by atoms with van der Waals surface area (Å²) in [4.78, 5) is 14.5. The van der Waals surface area contributed by atoms with Gasteiger partial charge in [-0.3, -0.25) is 4.79 Å². The molecule has 0 atom stereocenters. The number of ether oxygens (including phenoxy) is 1. The number of hydrogen-bond acceptors (Lipinski definition) is 3. The van der Waals surface area contributed by atoms with Crippen molar-refractivity contribution in [1.82, 2.24) is 4.90 Å². The monoisotopic (exact) mass is 432 g/mol. The van der Waals surface area contributed by atoms with Crippen LogP contribution < -0.4 is 10.1 Å². The van der Waals surface area contributed by atoms with Crippen molar-refractivity contribution in [2.75, 3.05) is 18.4 Å². The number of halogens is 1. The van der Waals surface area contributed by atoms with Crippen molar-refractivity contribution in [2.24, 2.45) is 5.92 Å². The van der Waals surface area contributed by atoms with Crippen LogP contribution in [0.4, 0.5) is 5.69 Å². The second-order valence-corrected chi connectivity index (χ2v) is 7.79. The number of anilines is 1. The van der Waals surface area contributed by atoms with E-state index in [1.54, 1.807) is 18.2 Å². The molecule has 4 nitrogen and oxygen atoms in total. The lowest BCUT2D eigenvalue weighted by atomic mass is 10.00. The van der Waals surface area contributed by atoms with Crippen LogP contribution in [0.15, 0.2) is 53.0 Å². The van der Waals surface area contributed by atoms with Crippen molar-refractivity contribution < 1.29 is 9.53 Å². The number of likely N-dealkylation sites (tertiary alicyclic amines) is 1. The number of amides is 1. The zero-order valence-electron chi connectivity index (χ0n) is 14.6. The molecule has 0 saturated carbocycles. The van der Waals surface area contributed by atoms with Crippen LogP contribution in [0.2, 0.25) is 0 Å². The van der Waals surface area contributed by atoms with Gasteiger partial charge in [-0.25, -0.2) is 0 Å². The Morgan fingerprint density at radius 1 is 1.19 bits per heavy atom. The third-order valence-corrected chi connectivity index (χ3v) is 5.32. The molecule has 6 heteroatoms. The van der Waals surface area contributed by atoms with Gasteiger partial charge in [0.2, 0.25) is 0 Å². The zero-order chi connectivity index (χ0) is 18.5. The van der Waals surface area contributed by atoms with Crippen LogP contribution in [0, 0.1) is 5.92 Å². The molecule has 1 saturated heterocycles. The van der Waals surface area contributed by atoms with Crippen molar-refractivity contribution in [1.29, 1.82) is 0 Å². The van der Waals surface area contributed by atoms with Gasteiger partial charge in [-0.05, 0) is 73.4 Å². The van der Waals surface area contributed by atoms with E-state index in [0.29, 0.717) is 16.5 Å². The number of nitrogens with one attached hydrogen (secondary N) is 1. The average Bonchev–Trinajstić information content (AvgIpc) is 2.64. The van der Waals surface area contributed by atoms with Gasteiger partial charge in [0.25, 0.3) is 11.1 Å². The van der Waals surface area contributed by atoms with Gasteiger partial charge in [-0.1, -0.05) is 28.9 Å². The van der Waals surface area contributed by atoms with Crippen molar-refractivity contribution in [3.8, 4) is 5.75 Å². The van der Waals surface area contributed by atoms with Crippen LogP contribution in [-0.4, -0.2) is 29.1 Å². The van der Waals surface area contributed by atoms with Crippen LogP contribution in [0.5, 0.6) is 5.75 Å². The standard InChI is InChI=1S/C20H21BrN2O2S/c1-14-9-11-23(12-10-14)20(26)25-18-4-2-3-15(13-18)19(24)22-17-7-5-16(21)6-8-17/h2-8,13-14H,9-12H2,1H3,(H,22,24). The van der Waals surface area contributed by atoms with Crippen LogP contribution in [0.25, 0.3) is 0 Å². The molecule has 1 aliphatic heterocycles. The number of nitrogens with zero attached hydrogens (tertiary/aromatic N) is 1. The number of piperidine rings is 1. The lowest BCUT2D eigenvalue weighted by Gasteiger charge is -2.31. The van der Waals surface area contributed by atoms with E-state index in [9.17, 15) is 4.79 Å². The molecule has 1 amide bonds. The van der Waals surface area contributed by atoms with Crippen molar-refractivity contribution in [3.63, 3.8) is 0 Å². The summed E-state index contributed by atoms with van der Waals surface area (Å²) in [6.45, 7) is 4.10. The molecule has 3 rings (SSSR count). The zero-order valence-corrected chi connectivity index (χ0v) is 17.0. The van der Waals surface area contributed by atoms with Crippen LogP contribution in [-0.2, 0) is 0 Å². The number of rotatable bonds is 3. The Kier molecular flexibility index (Phi) is 6.27. The molecule has 1 aliphatic rings. The molecule has 1 heterocycles. The quantitative estimate of drug-likeness (QED) is 0.685. The predicted molar refractivity (Wildman–Crippen MR) is 112 cm³/mol. The number of thiocarbonyl (C=S) groups is 1. The lowest BCUT2D eigenvalue weighted by Crippen LogP contribution is -2.39. The first-order chi connectivity index (χ1) is 12.5. The van der Waals surface area contributed by atoms with Crippen LogP contribution >= 0.6 is 28.1 Å². The molecule has 2 aromatic rings. The molecule has 1 fully saturated rings. The van der Waals surface area contributed by atoms with E-state index in [0.717, 1.165) is 42.0 Å². The Hall–Kier alpha value is -1.92. The second kappa shape index (κ2) is 8.64. The smallest absolute Gasteiger partial charge is 0.264 e. The van der Waals surface area contributed by atoms with Gasteiger partial charge in [-0.15, -0.1) is 0 Å². The fraction of sp³-hybridized carbons (Fsp3) is 0.300. The Morgan fingerprint density at radius 3 is 2.58 bits per heavy atom. The molecule has 136 valence electrons. The van der Waals surface area contributed by atoms with Gasteiger partial charge in [-0.2, -0.15) is 0 Å². The molecule has 0 unspecified atom stereocenters. The minimum Gasteiger partial charge on any atom is -0.432 e. The Labute approximate surface area is 167 Å². The molecule has 26 heavy (non-hydrogen) atoms. The second-order valence-electron chi connectivity index (χ2n) is 6.53. The predicted octanol–water partition coefficient (Wildman–Crippen LogP) is 5.10. The number of hydrogen-bond donors (Lipinski definition) is 1. The summed E-state index contributed by atoms with van der Waals surface area (Å²) in [5.74, 6) is 1.13. The topological polar surface area (TPSA) is 41.6 Å². The van der Waals surface area contributed by atoms with Crippen molar-refractivity contribution in [3.05, 3.63) is 58.6 Å². The first-order valence-electron chi connectivity index (χ1n) is 8.65. The number of carbonyl (C=O) groups excluding carboxylic acids is 1.